The van der Waals surface area contributed by atoms with E-state index in [-0.39, 0.29) is 16.7 Å². The van der Waals surface area contributed by atoms with Crippen LogP contribution in [0, 0.1) is 28.6 Å². The van der Waals surface area contributed by atoms with Gasteiger partial charge < -0.3 is 14.4 Å². The Labute approximate surface area is 190 Å². The van der Waals surface area contributed by atoms with Gasteiger partial charge in [-0.1, -0.05) is 38.1 Å². The molecular formula is C28H33NO3. The predicted octanol–water partition coefficient (Wildman–Crippen LogP) is 5.43. The Morgan fingerprint density at radius 2 is 1.97 bits per heavy atom. The van der Waals surface area contributed by atoms with E-state index in [9.17, 15) is 9.90 Å². The molecule has 6 rings (SSSR count). The number of furan rings is 1. The molecule has 168 valence electrons. The van der Waals surface area contributed by atoms with Gasteiger partial charge in [0.2, 0.25) is 5.91 Å². The predicted molar refractivity (Wildman–Crippen MR) is 126 cm³/mol. The Morgan fingerprint density at radius 3 is 2.78 bits per heavy atom. The number of para-hydroxylation sites is 1. The summed E-state index contributed by atoms with van der Waals surface area (Å²) in [6.07, 6.45) is 11.0. The molecule has 4 aliphatic rings. The molecule has 2 aromatic rings. The monoisotopic (exact) mass is 431 g/mol. The molecule has 1 amide bonds. The average Bonchev–Trinajstić information content (AvgIpc) is 3.30. The summed E-state index contributed by atoms with van der Waals surface area (Å²) in [5.41, 5.74) is 1.96. The van der Waals surface area contributed by atoms with E-state index in [1.165, 1.54) is 0 Å². The molecule has 3 aliphatic carbocycles. The normalized spacial score (nSPS) is 42.2. The van der Waals surface area contributed by atoms with Crippen molar-refractivity contribution in [2.75, 3.05) is 7.05 Å². The lowest BCUT2D eigenvalue weighted by atomic mass is 9.48. The molecule has 0 spiro atoms. The third-order valence-electron chi connectivity index (χ3n) is 9.77. The van der Waals surface area contributed by atoms with Crippen LogP contribution in [0.3, 0.4) is 0 Å². The molecule has 2 heterocycles. The van der Waals surface area contributed by atoms with Gasteiger partial charge in [-0.2, -0.15) is 0 Å². The van der Waals surface area contributed by atoms with Crippen LogP contribution >= 0.6 is 0 Å². The molecule has 1 aromatic heterocycles. The summed E-state index contributed by atoms with van der Waals surface area (Å²) in [7, 11) is 1.97. The Bertz CT molecular complexity index is 1110. The van der Waals surface area contributed by atoms with Gasteiger partial charge in [0.05, 0.1) is 6.10 Å². The summed E-state index contributed by atoms with van der Waals surface area (Å²) in [4.78, 5) is 14.3. The van der Waals surface area contributed by atoms with E-state index in [1.807, 2.05) is 30.1 Å². The Hall–Kier alpha value is -2.33. The molecule has 3 fully saturated rings. The second kappa shape index (κ2) is 6.84. The first-order chi connectivity index (χ1) is 15.3. The molecule has 1 N–H and O–H groups in total. The number of likely N-dealkylation sites (N-methyl/N-ethyl adjacent to an activating group) is 1. The first-order valence-electron chi connectivity index (χ1n) is 12.1. The number of nitrogens with zero attached hydrogens (tertiary/aromatic N) is 1. The number of hydrogen-bond donors (Lipinski definition) is 1. The number of fused-ring (bicyclic) bond motifs is 6. The molecule has 4 heteroatoms. The molecule has 0 bridgehead atoms. The lowest BCUT2D eigenvalue weighted by Crippen LogP contribution is -2.59. The minimum atomic E-state index is -0.418. The van der Waals surface area contributed by atoms with Gasteiger partial charge in [-0.05, 0) is 79.7 Å². The zero-order valence-electron chi connectivity index (χ0n) is 19.3. The van der Waals surface area contributed by atoms with E-state index in [1.54, 1.807) is 6.08 Å². The number of aliphatic hydroxyl groups is 1. The quantitative estimate of drug-likeness (QED) is 0.655. The van der Waals surface area contributed by atoms with Crippen LogP contribution in [-0.4, -0.2) is 35.1 Å². The highest BCUT2D eigenvalue weighted by molar-refractivity contribution is 5.89. The molecule has 0 saturated heterocycles. The van der Waals surface area contributed by atoms with Crippen molar-refractivity contribution in [3.05, 3.63) is 53.8 Å². The largest absolute Gasteiger partial charge is 0.457 e. The summed E-state index contributed by atoms with van der Waals surface area (Å²) in [5, 5.41) is 12.6. The summed E-state index contributed by atoms with van der Waals surface area (Å²) in [6.45, 7) is 4.67. The van der Waals surface area contributed by atoms with Crippen LogP contribution in [0.4, 0.5) is 0 Å². The SMILES string of the molecule is CN1C(=O)C=C[C@@]2(C)C1CC[C@@H]1[C@H]2CC[C@]2(C)C(O)C(=Cc3cc4ccccc4o3)C[C@@H]12. The van der Waals surface area contributed by atoms with Gasteiger partial charge in [-0.15, -0.1) is 0 Å². The van der Waals surface area contributed by atoms with Gasteiger partial charge in [0, 0.05) is 29.3 Å². The van der Waals surface area contributed by atoms with E-state index in [4.69, 9.17) is 4.42 Å². The number of benzene rings is 1. The van der Waals surface area contributed by atoms with Crippen molar-refractivity contribution in [1.82, 2.24) is 4.90 Å². The fourth-order valence-corrected chi connectivity index (χ4v) is 7.99. The van der Waals surface area contributed by atoms with Crippen molar-refractivity contribution in [3.8, 4) is 0 Å². The van der Waals surface area contributed by atoms with Crippen LogP contribution in [0.25, 0.3) is 17.0 Å². The standard InChI is InChI=1S/C28H33NO3/c1-27-13-11-25(30)29(3)24(27)9-8-20-21(27)10-12-28(2)22(20)16-18(26(28)31)15-19-14-17-6-4-5-7-23(17)32-19/h4-7,11,13-15,20-22,24,26,31H,8-10,12,16H2,1-3H3/t20-,21-,22+,24?,26?,27-,28+/m1/s1. The van der Waals surface area contributed by atoms with E-state index in [0.29, 0.717) is 23.8 Å². The minimum absolute atomic E-state index is 0.0308. The lowest BCUT2D eigenvalue weighted by Gasteiger charge is -2.59. The number of carbonyl (C=O) groups excluding carboxylic acids is 1. The van der Waals surface area contributed by atoms with E-state index < -0.39 is 6.10 Å². The van der Waals surface area contributed by atoms with Crippen LogP contribution in [-0.2, 0) is 4.79 Å². The van der Waals surface area contributed by atoms with E-state index >= 15 is 0 Å². The highest BCUT2D eigenvalue weighted by Crippen LogP contribution is 2.65. The molecule has 1 aromatic carbocycles. The molecule has 3 saturated carbocycles. The number of aliphatic hydroxyl groups excluding tert-OH is 1. The Kier molecular flexibility index (Phi) is 4.33. The third-order valence-corrected chi connectivity index (χ3v) is 9.77. The highest BCUT2D eigenvalue weighted by atomic mass is 16.3. The molecule has 7 atom stereocenters. The lowest BCUT2D eigenvalue weighted by molar-refractivity contribution is -0.140. The molecule has 0 radical (unpaired) electrons. The van der Waals surface area contributed by atoms with Crippen LogP contribution in [0.2, 0.25) is 0 Å². The van der Waals surface area contributed by atoms with Crippen molar-refractivity contribution in [2.24, 2.45) is 28.6 Å². The first kappa shape index (κ1) is 20.3. The number of rotatable bonds is 1. The molecule has 1 aliphatic heterocycles. The Balaban J connectivity index is 1.33. The zero-order chi connectivity index (χ0) is 22.3. The summed E-state index contributed by atoms with van der Waals surface area (Å²) in [5.74, 6) is 2.59. The van der Waals surface area contributed by atoms with Crippen molar-refractivity contribution in [1.29, 1.82) is 0 Å². The topological polar surface area (TPSA) is 53.7 Å². The maximum Gasteiger partial charge on any atom is 0.246 e. The average molecular weight is 432 g/mol. The van der Waals surface area contributed by atoms with Gasteiger partial charge in [-0.25, -0.2) is 0 Å². The zero-order valence-corrected chi connectivity index (χ0v) is 19.3. The molecule has 32 heavy (non-hydrogen) atoms. The molecule has 2 unspecified atom stereocenters. The fourth-order valence-electron chi connectivity index (χ4n) is 7.99. The number of amides is 1. The molecule has 4 nitrogen and oxygen atoms in total. The second-order valence-corrected chi connectivity index (χ2v) is 11.2. The van der Waals surface area contributed by atoms with Gasteiger partial charge in [0.25, 0.3) is 0 Å². The van der Waals surface area contributed by atoms with Gasteiger partial charge >= 0.3 is 0 Å². The van der Waals surface area contributed by atoms with Crippen LogP contribution in [0.15, 0.2) is 52.5 Å². The van der Waals surface area contributed by atoms with Gasteiger partial charge in [0.15, 0.2) is 0 Å². The molecular weight excluding hydrogens is 398 g/mol. The van der Waals surface area contributed by atoms with E-state index in [0.717, 1.165) is 54.4 Å². The summed E-state index contributed by atoms with van der Waals surface area (Å²) in [6, 6.07) is 10.4. The van der Waals surface area contributed by atoms with Gasteiger partial charge in [-0.3, -0.25) is 4.79 Å². The number of carbonyl (C=O) groups is 1. The Morgan fingerprint density at radius 1 is 1.16 bits per heavy atom. The second-order valence-electron chi connectivity index (χ2n) is 11.2. The maximum absolute atomic E-state index is 12.3. The van der Waals surface area contributed by atoms with Crippen LogP contribution in [0.1, 0.15) is 51.7 Å². The van der Waals surface area contributed by atoms with Crippen molar-refractivity contribution in [3.63, 3.8) is 0 Å². The van der Waals surface area contributed by atoms with E-state index in [2.05, 4.69) is 38.1 Å². The van der Waals surface area contributed by atoms with Crippen molar-refractivity contribution < 1.29 is 14.3 Å². The number of hydrogen-bond acceptors (Lipinski definition) is 3. The maximum atomic E-state index is 12.3. The summed E-state index contributed by atoms with van der Waals surface area (Å²) < 4.78 is 6.05. The fraction of sp³-hybridized carbons (Fsp3) is 0.536. The first-order valence-corrected chi connectivity index (χ1v) is 12.1. The van der Waals surface area contributed by atoms with Crippen LogP contribution in [0.5, 0.6) is 0 Å². The minimum Gasteiger partial charge on any atom is -0.457 e. The van der Waals surface area contributed by atoms with Crippen molar-refractivity contribution in [2.45, 2.75) is 58.1 Å². The van der Waals surface area contributed by atoms with Crippen molar-refractivity contribution >= 4 is 23.0 Å². The summed E-state index contributed by atoms with van der Waals surface area (Å²) >= 11 is 0. The highest BCUT2D eigenvalue weighted by Gasteiger charge is 2.61. The third kappa shape index (κ3) is 2.68. The van der Waals surface area contributed by atoms with Crippen LogP contribution < -0.4 is 0 Å². The van der Waals surface area contributed by atoms with Gasteiger partial charge in [0.1, 0.15) is 11.3 Å². The smallest absolute Gasteiger partial charge is 0.246 e.